The van der Waals surface area contributed by atoms with Crippen LogP contribution in [-0.2, 0) is 20.7 Å². The van der Waals surface area contributed by atoms with Crippen molar-refractivity contribution in [1.82, 2.24) is 6.15 Å². The first-order valence-electron chi connectivity index (χ1n) is 4.80. The van der Waals surface area contributed by atoms with Crippen LogP contribution in [0.15, 0.2) is 30.3 Å². The monoisotopic (exact) mass is 225 g/mol. The van der Waals surface area contributed by atoms with Gasteiger partial charge < -0.3 is 15.6 Å². The van der Waals surface area contributed by atoms with E-state index in [0.717, 1.165) is 5.56 Å². The van der Waals surface area contributed by atoms with Crippen molar-refractivity contribution >= 4 is 5.97 Å². The third-order valence-electron chi connectivity index (χ3n) is 2.45. The van der Waals surface area contributed by atoms with Gasteiger partial charge in [0.15, 0.2) is 5.60 Å². The van der Waals surface area contributed by atoms with E-state index in [1.807, 2.05) is 30.3 Å². The molecule has 0 aliphatic rings. The van der Waals surface area contributed by atoms with Gasteiger partial charge in [0.2, 0.25) is 0 Å². The summed E-state index contributed by atoms with van der Waals surface area (Å²) in [6.07, 6.45) is 0.511. The fourth-order valence-electron chi connectivity index (χ4n) is 1.43. The molecular weight excluding hydrogens is 206 g/mol. The third kappa shape index (κ3) is 3.32. The maximum atomic E-state index is 11.5. The van der Waals surface area contributed by atoms with Crippen LogP contribution in [0.3, 0.4) is 0 Å². The first-order chi connectivity index (χ1) is 7.12. The molecule has 0 saturated heterocycles. The third-order valence-corrected chi connectivity index (χ3v) is 2.45. The van der Waals surface area contributed by atoms with E-state index in [2.05, 4.69) is 0 Å². The van der Waals surface area contributed by atoms with Gasteiger partial charge in [0.1, 0.15) is 0 Å². The Kier molecular flexibility index (Phi) is 5.71. The molecule has 0 saturated carbocycles. The molecule has 16 heavy (non-hydrogen) atoms. The number of esters is 1. The molecule has 1 aromatic carbocycles. The highest BCUT2D eigenvalue weighted by Gasteiger charge is 2.34. The Morgan fingerprint density at radius 3 is 2.25 bits per heavy atom. The minimum Gasteiger partial charge on any atom is -0.467 e. The molecule has 4 heteroatoms. The normalized spacial score (nSPS) is 13.4. The molecule has 3 N–H and O–H groups in total. The lowest BCUT2D eigenvalue weighted by atomic mass is 9.96. The van der Waals surface area contributed by atoms with E-state index >= 15 is 0 Å². The molecule has 0 heterocycles. The van der Waals surface area contributed by atoms with E-state index in [1.54, 1.807) is 6.92 Å². The summed E-state index contributed by atoms with van der Waals surface area (Å²) in [5.74, 6) is -0.353. The average molecular weight is 225 g/mol. The summed E-state index contributed by atoms with van der Waals surface area (Å²) in [6.45, 7) is 1.73. The van der Waals surface area contributed by atoms with Crippen molar-refractivity contribution in [1.29, 1.82) is 0 Å². The fraction of sp³-hybridized carbons (Fsp3) is 0.417. The van der Waals surface area contributed by atoms with Crippen LogP contribution in [0.4, 0.5) is 0 Å². The van der Waals surface area contributed by atoms with Crippen molar-refractivity contribution < 1.29 is 14.3 Å². The largest absolute Gasteiger partial charge is 0.467 e. The summed E-state index contributed by atoms with van der Waals surface area (Å²) in [6, 6.07) is 9.72. The minimum atomic E-state index is -0.907. The van der Waals surface area contributed by atoms with Crippen LogP contribution in [0, 0.1) is 0 Å². The predicted molar refractivity (Wildman–Crippen MR) is 62.6 cm³/mol. The van der Waals surface area contributed by atoms with Crippen molar-refractivity contribution in [3.63, 3.8) is 0 Å². The quantitative estimate of drug-likeness (QED) is 0.795. The van der Waals surface area contributed by atoms with Gasteiger partial charge in [-0.05, 0) is 12.5 Å². The molecule has 0 aliphatic carbocycles. The van der Waals surface area contributed by atoms with Crippen molar-refractivity contribution in [2.45, 2.75) is 18.9 Å². The highest BCUT2D eigenvalue weighted by molar-refractivity contribution is 5.79. The second-order valence-corrected chi connectivity index (χ2v) is 3.59. The molecule has 0 bridgehead atoms. The highest BCUT2D eigenvalue weighted by atomic mass is 16.6. The zero-order valence-corrected chi connectivity index (χ0v) is 10.0. The molecule has 4 nitrogen and oxygen atoms in total. The van der Waals surface area contributed by atoms with Crippen LogP contribution >= 0.6 is 0 Å². The highest BCUT2D eigenvalue weighted by Crippen LogP contribution is 2.18. The van der Waals surface area contributed by atoms with Crippen molar-refractivity contribution in [2.75, 3.05) is 14.2 Å². The predicted octanol–water partition coefficient (Wildman–Crippen LogP) is 1.97. The van der Waals surface area contributed by atoms with Crippen LogP contribution in [0.2, 0.25) is 0 Å². The van der Waals surface area contributed by atoms with E-state index < -0.39 is 5.60 Å². The van der Waals surface area contributed by atoms with Crippen molar-refractivity contribution in [3.05, 3.63) is 35.9 Å². The van der Waals surface area contributed by atoms with Crippen LogP contribution in [0.25, 0.3) is 0 Å². The number of hydrogen-bond acceptors (Lipinski definition) is 4. The Bertz CT molecular complexity index is 326. The van der Waals surface area contributed by atoms with E-state index in [0.29, 0.717) is 6.42 Å². The lowest BCUT2D eigenvalue weighted by Gasteiger charge is -2.24. The Labute approximate surface area is 96.1 Å². The van der Waals surface area contributed by atoms with E-state index in [1.165, 1.54) is 14.2 Å². The van der Waals surface area contributed by atoms with Crippen molar-refractivity contribution in [3.8, 4) is 0 Å². The van der Waals surface area contributed by atoms with Gasteiger partial charge in [-0.15, -0.1) is 0 Å². The Balaban J connectivity index is 0.00000225. The molecule has 1 aromatic rings. The number of ether oxygens (including phenoxy) is 2. The molecule has 0 aliphatic heterocycles. The van der Waals surface area contributed by atoms with E-state index in [4.69, 9.17) is 9.47 Å². The maximum absolute atomic E-state index is 11.5. The summed E-state index contributed by atoms with van der Waals surface area (Å²) >= 11 is 0. The number of hydrogen-bond donors (Lipinski definition) is 1. The SMILES string of the molecule is COC(=O)C(C)(Cc1ccccc1)OC.N. The summed E-state index contributed by atoms with van der Waals surface area (Å²) in [5, 5.41) is 0. The molecule has 90 valence electrons. The van der Waals surface area contributed by atoms with Gasteiger partial charge in [0, 0.05) is 13.5 Å². The first-order valence-corrected chi connectivity index (χ1v) is 4.80. The second-order valence-electron chi connectivity index (χ2n) is 3.59. The Hall–Kier alpha value is -1.39. The molecule has 0 fully saturated rings. The van der Waals surface area contributed by atoms with Gasteiger partial charge in [-0.2, -0.15) is 0 Å². The van der Waals surface area contributed by atoms with E-state index in [9.17, 15) is 4.79 Å². The summed E-state index contributed by atoms with van der Waals surface area (Å²) in [4.78, 5) is 11.5. The smallest absolute Gasteiger partial charge is 0.338 e. The van der Waals surface area contributed by atoms with Gasteiger partial charge in [-0.25, -0.2) is 4.79 Å². The lowest BCUT2D eigenvalue weighted by Crippen LogP contribution is -2.40. The van der Waals surface area contributed by atoms with Crippen LogP contribution < -0.4 is 6.15 Å². The maximum Gasteiger partial charge on any atom is 0.338 e. The zero-order chi connectivity index (χ0) is 11.3. The number of methoxy groups -OCH3 is 2. The Morgan fingerprint density at radius 2 is 1.81 bits per heavy atom. The Morgan fingerprint density at radius 1 is 1.25 bits per heavy atom. The average Bonchev–Trinajstić information content (AvgIpc) is 2.29. The lowest BCUT2D eigenvalue weighted by molar-refractivity contribution is -0.163. The zero-order valence-electron chi connectivity index (χ0n) is 10.0. The second kappa shape index (κ2) is 6.25. The first kappa shape index (κ1) is 14.6. The number of benzene rings is 1. The standard InChI is InChI=1S/C12H16O3.H3N/c1-12(15-3,11(13)14-2)9-10-7-5-4-6-8-10;/h4-8H,9H2,1-3H3;1H3. The number of rotatable bonds is 4. The minimum absolute atomic E-state index is 0. The fourth-order valence-corrected chi connectivity index (χ4v) is 1.43. The van der Waals surface area contributed by atoms with E-state index in [-0.39, 0.29) is 12.1 Å². The number of carbonyl (C=O) groups excluding carboxylic acids is 1. The topological polar surface area (TPSA) is 70.5 Å². The van der Waals surface area contributed by atoms with Gasteiger partial charge >= 0.3 is 5.97 Å². The van der Waals surface area contributed by atoms with Crippen molar-refractivity contribution in [2.24, 2.45) is 0 Å². The molecule has 0 aromatic heterocycles. The number of carbonyl (C=O) groups is 1. The molecule has 0 amide bonds. The van der Waals surface area contributed by atoms with Gasteiger partial charge in [-0.3, -0.25) is 0 Å². The summed E-state index contributed by atoms with van der Waals surface area (Å²) in [7, 11) is 2.88. The van der Waals surface area contributed by atoms with Gasteiger partial charge in [-0.1, -0.05) is 30.3 Å². The molecule has 0 spiro atoms. The molecular formula is C12H19NO3. The summed E-state index contributed by atoms with van der Waals surface area (Å²) < 4.78 is 9.93. The molecule has 1 unspecified atom stereocenters. The van der Waals surface area contributed by atoms with Gasteiger partial charge in [0.05, 0.1) is 7.11 Å². The van der Waals surface area contributed by atoms with Crippen LogP contribution in [-0.4, -0.2) is 25.8 Å². The molecule has 0 radical (unpaired) electrons. The van der Waals surface area contributed by atoms with Crippen LogP contribution in [0.1, 0.15) is 12.5 Å². The molecule has 1 atom stereocenters. The van der Waals surface area contributed by atoms with Crippen LogP contribution in [0.5, 0.6) is 0 Å². The van der Waals surface area contributed by atoms with Gasteiger partial charge in [0.25, 0.3) is 0 Å². The summed E-state index contributed by atoms with van der Waals surface area (Å²) in [5.41, 5.74) is 0.142. The molecule has 1 rings (SSSR count).